The monoisotopic (exact) mass is 496 g/mol. The first-order chi connectivity index (χ1) is 18.0. The Bertz CT molecular complexity index is 1090. The van der Waals surface area contributed by atoms with Gasteiger partial charge in [0, 0.05) is 18.2 Å². The molecule has 3 heteroatoms. The average Bonchev–Trinajstić information content (AvgIpc) is 3.19. The van der Waals surface area contributed by atoms with Crippen molar-refractivity contribution in [1.82, 2.24) is 9.80 Å². The molecule has 2 aromatic rings. The van der Waals surface area contributed by atoms with Gasteiger partial charge in [-0.2, -0.15) is 0 Å². The van der Waals surface area contributed by atoms with E-state index >= 15 is 0 Å². The van der Waals surface area contributed by atoms with Gasteiger partial charge in [-0.3, -0.25) is 4.79 Å². The first kappa shape index (κ1) is 28.4. The van der Waals surface area contributed by atoms with Gasteiger partial charge in [-0.05, 0) is 86.6 Å². The summed E-state index contributed by atoms with van der Waals surface area (Å²) >= 11 is 0. The van der Waals surface area contributed by atoms with Crippen molar-refractivity contribution in [2.24, 2.45) is 5.92 Å². The zero-order chi connectivity index (χ0) is 26.5. The van der Waals surface area contributed by atoms with Crippen LogP contribution >= 0.6 is 0 Å². The summed E-state index contributed by atoms with van der Waals surface area (Å²) in [6.45, 7) is 9.44. The third kappa shape index (κ3) is 9.66. The zero-order valence-electron chi connectivity index (χ0n) is 23.1. The normalized spacial score (nSPS) is 14.3. The van der Waals surface area contributed by atoms with Crippen molar-refractivity contribution in [3.63, 3.8) is 0 Å². The Balaban J connectivity index is 1.77. The molecule has 3 nitrogen and oxygen atoms in total. The number of nitrogens with zero attached hydrogens (tertiary/aromatic N) is 2. The highest BCUT2D eigenvalue weighted by molar-refractivity contribution is 5.94. The molecule has 0 N–H and O–H groups in total. The summed E-state index contributed by atoms with van der Waals surface area (Å²) in [6, 6.07) is 18.5. The highest BCUT2D eigenvalue weighted by Gasteiger charge is 2.24. The van der Waals surface area contributed by atoms with E-state index in [0.717, 1.165) is 49.0 Å². The van der Waals surface area contributed by atoms with Crippen LogP contribution in [0.3, 0.4) is 0 Å². The molecule has 1 amide bonds. The van der Waals surface area contributed by atoms with Gasteiger partial charge >= 0.3 is 0 Å². The first-order valence-corrected chi connectivity index (χ1v) is 13.8. The fourth-order valence-electron chi connectivity index (χ4n) is 4.57. The molecule has 0 saturated carbocycles. The van der Waals surface area contributed by atoms with Crippen molar-refractivity contribution in [1.29, 1.82) is 0 Å². The molecule has 1 aliphatic carbocycles. The van der Waals surface area contributed by atoms with Crippen LogP contribution in [0.5, 0.6) is 0 Å². The minimum atomic E-state index is 0.111. The number of hydrogen-bond acceptors (Lipinski definition) is 2. The molecule has 0 aromatic heterocycles. The van der Waals surface area contributed by atoms with Crippen molar-refractivity contribution in [3.05, 3.63) is 113 Å². The Kier molecular flexibility index (Phi) is 11.6. The molecule has 0 bridgehead atoms. The smallest absolute Gasteiger partial charge is 0.254 e. The molecular formula is C34H44N2O. The number of carbonyl (C=O) groups excluding carboxylic acids is 1. The minimum Gasteiger partial charge on any atom is -0.331 e. The largest absolute Gasteiger partial charge is 0.331 e. The third-order valence-electron chi connectivity index (χ3n) is 6.94. The summed E-state index contributed by atoms with van der Waals surface area (Å²) in [6.07, 6.45) is 19.0. The second kappa shape index (κ2) is 15.2. The SMILES string of the molecule is CCC(CCN(C)CCC(C)C)N(Cc1cccc(C=CC2=CC=CC=CC2)c1)C(=O)c1ccccc1. The van der Waals surface area contributed by atoms with Gasteiger partial charge in [-0.25, -0.2) is 0 Å². The van der Waals surface area contributed by atoms with Crippen molar-refractivity contribution in [2.75, 3.05) is 20.1 Å². The maximum absolute atomic E-state index is 13.7. The number of allylic oxidation sites excluding steroid dienone is 7. The van der Waals surface area contributed by atoms with Crippen molar-refractivity contribution >= 4 is 12.0 Å². The van der Waals surface area contributed by atoms with E-state index in [0.29, 0.717) is 12.5 Å². The Labute approximate surface area is 224 Å². The summed E-state index contributed by atoms with van der Waals surface area (Å²) in [7, 11) is 2.20. The molecule has 0 aliphatic heterocycles. The lowest BCUT2D eigenvalue weighted by Crippen LogP contribution is -2.41. The molecule has 0 heterocycles. The highest BCUT2D eigenvalue weighted by Crippen LogP contribution is 2.20. The van der Waals surface area contributed by atoms with Crippen LogP contribution in [-0.2, 0) is 6.54 Å². The molecular weight excluding hydrogens is 452 g/mol. The summed E-state index contributed by atoms with van der Waals surface area (Å²) in [5.74, 6) is 0.814. The van der Waals surface area contributed by atoms with Crippen molar-refractivity contribution in [2.45, 2.75) is 59.0 Å². The van der Waals surface area contributed by atoms with Crippen LogP contribution in [0.1, 0.15) is 67.9 Å². The Morgan fingerprint density at radius 1 is 0.946 bits per heavy atom. The Morgan fingerprint density at radius 3 is 2.49 bits per heavy atom. The van der Waals surface area contributed by atoms with Crippen LogP contribution < -0.4 is 0 Å². The van der Waals surface area contributed by atoms with Gasteiger partial charge in [-0.1, -0.05) is 99.7 Å². The summed E-state index contributed by atoms with van der Waals surface area (Å²) in [5, 5.41) is 0. The van der Waals surface area contributed by atoms with E-state index in [1.807, 2.05) is 30.3 Å². The molecule has 1 atom stereocenters. The molecule has 2 aromatic carbocycles. The lowest BCUT2D eigenvalue weighted by molar-refractivity contribution is 0.0633. The van der Waals surface area contributed by atoms with Crippen LogP contribution in [0.4, 0.5) is 0 Å². The molecule has 37 heavy (non-hydrogen) atoms. The predicted molar refractivity (Wildman–Crippen MR) is 158 cm³/mol. The van der Waals surface area contributed by atoms with E-state index in [4.69, 9.17) is 0 Å². The average molecular weight is 497 g/mol. The van der Waals surface area contributed by atoms with Gasteiger partial charge < -0.3 is 9.80 Å². The highest BCUT2D eigenvalue weighted by atomic mass is 16.2. The van der Waals surface area contributed by atoms with E-state index in [1.54, 1.807) is 0 Å². The lowest BCUT2D eigenvalue weighted by atomic mass is 10.0. The van der Waals surface area contributed by atoms with Crippen LogP contribution in [0.25, 0.3) is 6.08 Å². The standard InChI is InChI=1S/C34H44N2O/c1-5-33(23-25-35(4)24-22-28(2)3)36(34(37)32-18-11-8-12-19-32)27-31-17-13-16-30(26-31)21-20-29-14-9-6-7-10-15-29/h6-14,16-21,26,28,33H,5,15,22-25,27H2,1-4H3. The number of carbonyl (C=O) groups is 1. The van der Waals surface area contributed by atoms with E-state index in [-0.39, 0.29) is 11.9 Å². The van der Waals surface area contributed by atoms with Crippen molar-refractivity contribution < 1.29 is 4.79 Å². The van der Waals surface area contributed by atoms with Crippen LogP contribution in [0.2, 0.25) is 0 Å². The number of amides is 1. The Hall–Kier alpha value is -3.17. The predicted octanol–water partition coefficient (Wildman–Crippen LogP) is 7.93. The number of benzene rings is 2. The Morgan fingerprint density at radius 2 is 1.73 bits per heavy atom. The number of rotatable bonds is 13. The summed E-state index contributed by atoms with van der Waals surface area (Å²) in [4.78, 5) is 18.2. The lowest BCUT2D eigenvalue weighted by Gasteiger charge is -2.33. The molecule has 0 radical (unpaired) electrons. The molecule has 3 rings (SSSR count). The molecule has 0 spiro atoms. The summed E-state index contributed by atoms with van der Waals surface area (Å²) < 4.78 is 0. The molecule has 1 unspecified atom stereocenters. The third-order valence-corrected chi connectivity index (χ3v) is 6.94. The van der Waals surface area contributed by atoms with Gasteiger partial charge in [0.25, 0.3) is 5.91 Å². The van der Waals surface area contributed by atoms with E-state index in [1.165, 1.54) is 12.0 Å². The van der Waals surface area contributed by atoms with Gasteiger partial charge in [0.15, 0.2) is 0 Å². The quantitative estimate of drug-likeness (QED) is 0.281. The molecule has 196 valence electrons. The number of hydrogen-bond donors (Lipinski definition) is 0. The maximum atomic E-state index is 13.7. The molecule has 1 aliphatic rings. The maximum Gasteiger partial charge on any atom is 0.254 e. The first-order valence-electron chi connectivity index (χ1n) is 13.8. The molecule has 0 saturated heterocycles. The fourth-order valence-corrected chi connectivity index (χ4v) is 4.57. The van der Waals surface area contributed by atoms with E-state index in [2.05, 4.69) is 104 Å². The van der Waals surface area contributed by atoms with Gasteiger partial charge in [0.1, 0.15) is 0 Å². The minimum absolute atomic E-state index is 0.111. The van der Waals surface area contributed by atoms with Gasteiger partial charge in [-0.15, -0.1) is 0 Å². The van der Waals surface area contributed by atoms with Crippen molar-refractivity contribution in [3.8, 4) is 0 Å². The second-order valence-corrected chi connectivity index (χ2v) is 10.5. The van der Waals surface area contributed by atoms with Gasteiger partial charge in [0.2, 0.25) is 0 Å². The van der Waals surface area contributed by atoms with Gasteiger partial charge in [0.05, 0.1) is 0 Å². The zero-order valence-corrected chi connectivity index (χ0v) is 23.1. The van der Waals surface area contributed by atoms with Crippen LogP contribution in [0.15, 0.2) is 96.6 Å². The van der Waals surface area contributed by atoms with Crippen LogP contribution in [0, 0.1) is 5.92 Å². The summed E-state index contributed by atoms with van der Waals surface area (Å²) in [5.41, 5.74) is 4.35. The van der Waals surface area contributed by atoms with Crippen LogP contribution in [-0.4, -0.2) is 41.9 Å². The topological polar surface area (TPSA) is 23.6 Å². The second-order valence-electron chi connectivity index (χ2n) is 10.5. The van der Waals surface area contributed by atoms with E-state index in [9.17, 15) is 4.79 Å². The fraction of sp³-hybridized carbons (Fsp3) is 0.382. The molecule has 0 fully saturated rings. The van der Waals surface area contributed by atoms with E-state index < -0.39 is 0 Å².